The highest BCUT2D eigenvalue weighted by atomic mass is 16.5. The van der Waals surface area contributed by atoms with Crippen LogP contribution in [-0.4, -0.2) is 40.5 Å². The summed E-state index contributed by atoms with van der Waals surface area (Å²) >= 11 is 0. The van der Waals surface area contributed by atoms with E-state index in [2.05, 4.69) is 10.5 Å². The fourth-order valence-electron chi connectivity index (χ4n) is 3.20. The summed E-state index contributed by atoms with van der Waals surface area (Å²) in [5.74, 6) is 0.668. The zero-order valence-corrected chi connectivity index (χ0v) is 18.1. The lowest BCUT2D eigenvalue weighted by Gasteiger charge is -2.11. The Kier molecular flexibility index (Phi) is 6.07. The molecule has 3 aromatic rings. The topological polar surface area (TPSA) is 104 Å². The number of nitrogens with zero attached hydrogens (tertiary/aromatic N) is 4. The van der Waals surface area contributed by atoms with Crippen LogP contribution in [0.4, 0.5) is 5.69 Å². The first-order valence-electron chi connectivity index (χ1n) is 9.58. The number of aromatic nitrogens is 2. The summed E-state index contributed by atoms with van der Waals surface area (Å²) < 4.78 is 7.05. The molecule has 0 unspecified atom stereocenters. The summed E-state index contributed by atoms with van der Waals surface area (Å²) in [5, 5.41) is 16.3. The van der Waals surface area contributed by atoms with E-state index in [9.17, 15) is 14.9 Å². The lowest BCUT2D eigenvalue weighted by Crippen LogP contribution is -2.21. The van der Waals surface area contributed by atoms with Crippen molar-refractivity contribution in [3.8, 4) is 11.9 Å². The van der Waals surface area contributed by atoms with Gasteiger partial charge >= 0.3 is 0 Å². The molecule has 2 heterocycles. The summed E-state index contributed by atoms with van der Waals surface area (Å²) in [4.78, 5) is 26.1. The Morgan fingerprint density at radius 1 is 1.16 bits per heavy atom. The van der Waals surface area contributed by atoms with E-state index in [4.69, 9.17) is 4.52 Å². The average molecular weight is 417 g/mol. The van der Waals surface area contributed by atoms with Crippen molar-refractivity contribution in [3.63, 3.8) is 0 Å². The van der Waals surface area contributed by atoms with Gasteiger partial charge in [0.1, 0.15) is 17.4 Å². The van der Waals surface area contributed by atoms with Gasteiger partial charge in [-0.1, -0.05) is 5.16 Å². The van der Waals surface area contributed by atoms with E-state index in [1.807, 2.05) is 43.5 Å². The second-order valence-corrected chi connectivity index (χ2v) is 7.36. The minimum Gasteiger partial charge on any atom is -0.360 e. The van der Waals surface area contributed by atoms with Crippen molar-refractivity contribution in [2.75, 3.05) is 19.4 Å². The first-order valence-corrected chi connectivity index (χ1v) is 9.58. The van der Waals surface area contributed by atoms with Gasteiger partial charge in [-0.05, 0) is 62.7 Å². The lowest BCUT2D eigenvalue weighted by atomic mass is 10.1. The maximum atomic E-state index is 12.6. The summed E-state index contributed by atoms with van der Waals surface area (Å²) in [6.45, 7) is 5.61. The molecule has 8 nitrogen and oxygen atoms in total. The largest absolute Gasteiger partial charge is 0.360 e. The van der Waals surface area contributed by atoms with Gasteiger partial charge in [-0.25, -0.2) is 0 Å². The van der Waals surface area contributed by atoms with E-state index in [-0.39, 0.29) is 11.5 Å². The first-order chi connectivity index (χ1) is 14.7. The Hall–Kier alpha value is -4.12. The number of anilines is 1. The average Bonchev–Trinajstić information content (AvgIpc) is 3.27. The zero-order valence-electron chi connectivity index (χ0n) is 18.1. The number of carbonyl (C=O) groups is 2. The van der Waals surface area contributed by atoms with Gasteiger partial charge in [0.05, 0.1) is 0 Å². The van der Waals surface area contributed by atoms with Crippen LogP contribution in [0, 0.1) is 32.1 Å². The highest BCUT2D eigenvalue weighted by Crippen LogP contribution is 2.23. The molecule has 158 valence electrons. The van der Waals surface area contributed by atoms with Gasteiger partial charge in [0.25, 0.3) is 11.8 Å². The quantitative estimate of drug-likeness (QED) is 0.504. The Bertz CT molecular complexity index is 1210. The standard InChI is InChI=1S/C23H23N5O3/c1-14-10-18(16(3)28(14)21-11-15(2)31-26-21)12-19(13-24)22(29)25-20-8-6-17(7-9-20)23(30)27(4)5/h6-12H,1-5H3,(H,25,29)/b19-12+. The van der Waals surface area contributed by atoms with Crippen LogP contribution in [0.25, 0.3) is 11.9 Å². The molecule has 0 saturated heterocycles. The van der Waals surface area contributed by atoms with Crippen molar-refractivity contribution in [1.29, 1.82) is 5.26 Å². The van der Waals surface area contributed by atoms with Crippen molar-refractivity contribution in [2.24, 2.45) is 0 Å². The summed E-state index contributed by atoms with van der Waals surface area (Å²) in [7, 11) is 3.34. The maximum Gasteiger partial charge on any atom is 0.266 e. The SMILES string of the molecule is Cc1cc(-n2c(C)cc(/C=C(\C#N)C(=O)Nc3ccc(C(=O)N(C)C)cc3)c2C)no1. The predicted octanol–water partition coefficient (Wildman–Crippen LogP) is 3.64. The molecular weight excluding hydrogens is 394 g/mol. The number of nitriles is 1. The minimum atomic E-state index is -0.531. The van der Waals surface area contributed by atoms with Crippen LogP contribution in [0.15, 0.2) is 46.5 Å². The molecule has 0 aliphatic carbocycles. The molecule has 2 amide bonds. The van der Waals surface area contributed by atoms with Crippen LogP contribution in [0.5, 0.6) is 0 Å². The predicted molar refractivity (Wildman–Crippen MR) is 117 cm³/mol. The second kappa shape index (κ2) is 8.71. The molecule has 31 heavy (non-hydrogen) atoms. The van der Waals surface area contributed by atoms with Crippen LogP contribution >= 0.6 is 0 Å². The highest BCUT2D eigenvalue weighted by molar-refractivity contribution is 6.10. The van der Waals surface area contributed by atoms with Crippen LogP contribution in [0.1, 0.15) is 33.1 Å². The number of amides is 2. The zero-order chi connectivity index (χ0) is 22.7. The Labute approximate surface area is 180 Å². The molecule has 0 aliphatic rings. The summed E-state index contributed by atoms with van der Waals surface area (Å²) in [5.41, 5.74) is 3.43. The van der Waals surface area contributed by atoms with E-state index < -0.39 is 5.91 Å². The van der Waals surface area contributed by atoms with Gasteiger partial charge in [0, 0.05) is 42.8 Å². The van der Waals surface area contributed by atoms with Crippen LogP contribution < -0.4 is 5.32 Å². The summed E-state index contributed by atoms with van der Waals surface area (Å²) in [6, 6.07) is 12.2. The number of carbonyl (C=O) groups excluding carboxylic acids is 2. The van der Waals surface area contributed by atoms with E-state index in [0.29, 0.717) is 22.8 Å². The van der Waals surface area contributed by atoms with Gasteiger partial charge in [-0.2, -0.15) is 5.26 Å². The van der Waals surface area contributed by atoms with Gasteiger partial charge in [0.15, 0.2) is 5.82 Å². The smallest absolute Gasteiger partial charge is 0.266 e. The third kappa shape index (κ3) is 4.56. The molecule has 1 N–H and O–H groups in total. The first kappa shape index (κ1) is 21.6. The van der Waals surface area contributed by atoms with E-state index in [1.54, 1.807) is 44.4 Å². The monoisotopic (exact) mass is 417 g/mol. The molecule has 0 saturated carbocycles. The maximum absolute atomic E-state index is 12.6. The van der Waals surface area contributed by atoms with Crippen molar-refractivity contribution in [1.82, 2.24) is 14.6 Å². The van der Waals surface area contributed by atoms with E-state index in [0.717, 1.165) is 17.0 Å². The van der Waals surface area contributed by atoms with E-state index in [1.165, 1.54) is 4.90 Å². The number of aryl methyl sites for hydroxylation is 2. The number of hydrogen-bond donors (Lipinski definition) is 1. The molecule has 0 radical (unpaired) electrons. The molecule has 8 heteroatoms. The molecule has 0 fully saturated rings. The lowest BCUT2D eigenvalue weighted by molar-refractivity contribution is -0.112. The van der Waals surface area contributed by atoms with E-state index >= 15 is 0 Å². The highest BCUT2D eigenvalue weighted by Gasteiger charge is 2.16. The molecule has 1 aromatic carbocycles. The molecule has 0 aliphatic heterocycles. The number of nitrogens with one attached hydrogen (secondary N) is 1. The van der Waals surface area contributed by atoms with Crippen molar-refractivity contribution in [2.45, 2.75) is 20.8 Å². The fourth-order valence-corrected chi connectivity index (χ4v) is 3.20. The van der Waals surface area contributed by atoms with Gasteiger partial charge in [0.2, 0.25) is 0 Å². The number of benzene rings is 1. The van der Waals surface area contributed by atoms with Crippen molar-refractivity contribution in [3.05, 3.63) is 70.2 Å². The third-order valence-electron chi connectivity index (χ3n) is 4.78. The Morgan fingerprint density at radius 2 is 1.84 bits per heavy atom. The van der Waals surface area contributed by atoms with Gasteiger partial charge < -0.3 is 14.7 Å². The second-order valence-electron chi connectivity index (χ2n) is 7.36. The molecule has 0 spiro atoms. The minimum absolute atomic E-state index is 0.0370. The molecule has 0 atom stereocenters. The Morgan fingerprint density at radius 3 is 2.39 bits per heavy atom. The van der Waals surface area contributed by atoms with Crippen molar-refractivity contribution < 1.29 is 14.1 Å². The van der Waals surface area contributed by atoms with Crippen molar-refractivity contribution >= 4 is 23.6 Å². The number of hydrogen-bond acceptors (Lipinski definition) is 5. The Balaban J connectivity index is 1.83. The van der Waals surface area contributed by atoms with Gasteiger partial charge in [-0.15, -0.1) is 0 Å². The summed E-state index contributed by atoms with van der Waals surface area (Å²) in [6.07, 6.45) is 1.55. The third-order valence-corrected chi connectivity index (χ3v) is 4.78. The molecule has 3 rings (SSSR count). The normalized spacial score (nSPS) is 11.2. The van der Waals surface area contributed by atoms with Gasteiger partial charge in [-0.3, -0.25) is 14.2 Å². The molecular formula is C23H23N5O3. The van der Waals surface area contributed by atoms with Crippen LogP contribution in [0.3, 0.4) is 0 Å². The van der Waals surface area contributed by atoms with Crippen LogP contribution in [0.2, 0.25) is 0 Å². The molecule has 2 aromatic heterocycles. The number of rotatable bonds is 5. The van der Waals surface area contributed by atoms with Crippen LogP contribution in [-0.2, 0) is 4.79 Å². The molecule has 0 bridgehead atoms. The fraction of sp³-hybridized carbons (Fsp3) is 0.217.